The Bertz CT molecular complexity index is 1000. The van der Waals surface area contributed by atoms with Crippen molar-refractivity contribution >= 4 is 28.8 Å². The summed E-state index contributed by atoms with van der Waals surface area (Å²) in [5, 5.41) is 2.56. The normalized spacial score (nSPS) is 15.2. The Kier molecular flexibility index (Phi) is 5.14. The average Bonchev–Trinajstić information content (AvgIpc) is 3.04. The highest BCUT2D eigenvalue weighted by atomic mass is 32.2. The monoisotopic (exact) mass is 403 g/mol. The second-order valence-corrected chi connectivity index (χ2v) is 7.34. The first kappa shape index (κ1) is 18.9. The van der Waals surface area contributed by atoms with Gasteiger partial charge in [-0.2, -0.15) is 0 Å². The predicted octanol–water partition coefficient (Wildman–Crippen LogP) is 3.41. The molecular formula is C22H17N3O3S. The number of carbonyl (C=O) groups excluding carboxylic acids is 3. The number of imide groups is 1. The van der Waals surface area contributed by atoms with Gasteiger partial charge in [0.1, 0.15) is 5.69 Å². The van der Waals surface area contributed by atoms with Gasteiger partial charge in [-0.05, 0) is 23.3 Å². The number of amides is 3. The van der Waals surface area contributed by atoms with E-state index in [-0.39, 0.29) is 16.7 Å². The van der Waals surface area contributed by atoms with Crippen LogP contribution in [0.1, 0.15) is 21.6 Å². The van der Waals surface area contributed by atoms with Crippen LogP contribution in [0.4, 0.5) is 4.79 Å². The summed E-state index contributed by atoms with van der Waals surface area (Å²) < 4.78 is 0. The number of thioether (sulfide) groups is 1. The summed E-state index contributed by atoms with van der Waals surface area (Å²) in [4.78, 5) is 43.7. The summed E-state index contributed by atoms with van der Waals surface area (Å²) in [7, 11) is 0. The van der Waals surface area contributed by atoms with E-state index in [2.05, 4.69) is 10.3 Å². The van der Waals surface area contributed by atoms with Crippen molar-refractivity contribution in [2.24, 2.45) is 0 Å². The second-order valence-electron chi connectivity index (χ2n) is 6.42. The maximum Gasteiger partial charge on any atom is 0.326 e. The number of nitrogens with one attached hydrogen (secondary N) is 1. The van der Waals surface area contributed by atoms with Gasteiger partial charge in [0.25, 0.3) is 5.91 Å². The largest absolute Gasteiger partial charge is 0.326 e. The van der Waals surface area contributed by atoms with E-state index in [1.807, 2.05) is 36.4 Å². The molecule has 0 aliphatic carbocycles. The van der Waals surface area contributed by atoms with Crippen molar-refractivity contribution < 1.29 is 14.4 Å². The summed E-state index contributed by atoms with van der Waals surface area (Å²) in [5.74, 6) is -0.511. The molecule has 3 amide bonds. The van der Waals surface area contributed by atoms with Crippen molar-refractivity contribution in [3.63, 3.8) is 0 Å². The van der Waals surface area contributed by atoms with Crippen LogP contribution in [0, 0.1) is 0 Å². The lowest BCUT2D eigenvalue weighted by Crippen LogP contribution is -2.45. The summed E-state index contributed by atoms with van der Waals surface area (Å²) in [6, 6.07) is 22.7. The summed E-state index contributed by atoms with van der Waals surface area (Å²) in [6.07, 6.45) is 1.53. The standard InChI is InChI=1S/C22H17N3O3S/c26-19(18-13-7-8-14-23-18)29-15-25-20(27)22(24-21(25)28,16-9-3-1-4-10-16)17-11-5-2-6-12-17/h1-14H,15H2,(H,24,28). The first-order chi connectivity index (χ1) is 14.1. The molecule has 144 valence electrons. The fraction of sp³-hybridized carbons (Fsp3) is 0.0909. The second kappa shape index (κ2) is 7.89. The Labute approximate surface area is 172 Å². The van der Waals surface area contributed by atoms with E-state index in [9.17, 15) is 14.4 Å². The third-order valence-electron chi connectivity index (χ3n) is 4.72. The number of rotatable bonds is 5. The molecule has 0 atom stereocenters. The first-order valence-corrected chi connectivity index (χ1v) is 9.95. The molecule has 1 aliphatic heterocycles. The molecule has 0 unspecified atom stereocenters. The zero-order valence-corrected chi connectivity index (χ0v) is 16.1. The van der Waals surface area contributed by atoms with E-state index in [0.717, 1.165) is 16.7 Å². The number of nitrogens with zero attached hydrogens (tertiary/aromatic N) is 2. The van der Waals surface area contributed by atoms with E-state index in [0.29, 0.717) is 11.1 Å². The van der Waals surface area contributed by atoms with Crippen LogP contribution in [-0.2, 0) is 10.3 Å². The highest BCUT2D eigenvalue weighted by Gasteiger charge is 2.53. The molecule has 0 saturated carbocycles. The molecular weight excluding hydrogens is 386 g/mol. The quantitative estimate of drug-likeness (QED) is 0.661. The molecule has 3 aromatic rings. The van der Waals surface area contributed by atoms with Crippen LogP contribution in [-0.4, -0.2) is 32.8 Å². The van der Waals surface area contributed by atoms with E-state index in [4.69, 9.17) is 0 Å². The van der Waals surface area contributed by atoms with Gasteiger partial charge in [-0.15, -0.1) is 0 Å². The number of benzene rings is 2. The number of urea groups is 1. The van der Waals surface area contributed by atoms with Gasteiger partial charge in [-0.1, -0.05) is 78.5 Å². The molecule has 4 rings (SSSR count). The topological polar surface area (TPSA) is 79.4 Å². The van der Waals surface area contributed by atoms with Crippen LogP contribution in [0.15, 0.2) is 85.1 Å². The van der Waals surface area contributed by atoms with Gasteiger partial charge in [-0.25, -0.2) is 4.79 Å². The smallest absolute Gasteiger partial charge is 0.315 e. The van der Waals surface area contributed by atoms with Crippen LogP contribution < -0.4 is 5.32 Å². The molecule has 1 N–H and O–H groups in total. The maximum atomic E-state index is 13.5. The molecule has 1 aromatic heterocycles. The van der Waals surface area contributed by atoms with Gasteiger partial charge in [-0.3, -0.25) is 19.5 Å². The lowest BCUT2D eigenvalue weighted by atomic mass is 9.83. The van der Waals surface area contributed by atoms with Gasteiger partial charge in [0.2, 0.25) is 5.12 Å². The lowest BCUT2D eigenvalue weighted by molar-refractivity contribution is -0.129. The number of carbonyl (C=O) groups is 3. The average molecular weight is 403 g/mol. The zero-order valence-electron chi connectivity index (χ0n) is 15.3. The SMILES string of the molecule is O=C(SCN1C(=O)NC(c2ccccc2)(c2ccccc2)C1=O)c1ccccn1. The molecule has 0 radical (unpaired) electrons. The number of hydrogen-bond acceptors (Lipinski definition) is 5. The zero-order chi connectivity index (χ0) is 20.3. The van der Waals surface area contributed by atoms with Crippen LogP contribution in [0.25, 0.3) is 0 Å². The van der Waals surface area contributed by atoms with Gasteiger partial charge in [0, 0.05) is 6.20 Å². The Hall–Kier alpha value is -3.45. The van der Waals surface area contributed by atoms with Crippen molar-refractivity contribution in [1.82, 2.24) is 15.2 Å². The Morgan fingerprint density at radius 2 is 1.48 bits per heavy atom. The molecule has 2 heterocycles. The number of pyridine rings is 1. The number of aromatic nitrogens is 1. The summed E-state index contributed by atoms with van der Waals surface area (Å²) in [6.45, 7) is 0. The summed E-state index contributed by atoms with van der Waals surface area (Å²) in [5.41, 5.74) is 0.275. The number of hydrogen-bond donors (Lipinski definition) is 1. The van der Waals surface area contributed by atoms with Gasteiger partial charge < -0.3 is 5.32 Å². The van der Waals surface area contributed by atoms with Crippen LogP contribution in [0.3, 0.4) is 0 Å². The molecule has 0 spiro atoms. The minimum atomic E-state index is -1.33. The fourth-order valence-corrected chi connectivity index (χ4v) is 4.06. The third-order valence-corrected chi connectivity index (χ3v) is 5.58. The molecule has 1 saturated heterocycles. The molecule has 0 bridgehead atoms. The molecule has 6 nitrogen and oxygen atoms in total. The highest BCUT2D eigenvalue weighted by Crippen LogP contribution is 2.36. The molecule has 2 aromatic carbocycles. The molecule has 1 aliphatic rings. The predicted molar refractivity (Wildman–Crippen MR) is 110 cm³/mol. The van der Waals surface area contributed by atoms with Crippen LogP contribution >= 0.6 is 11.8 Å². The van der Waals surface area contributed by atoms with Crippen molar-refractivity contribution in [2.45, 2.75) is 5.54 Å². The van der Waals surface area contributed by atoms with Crippen molar-refractivity contribution in [3.05, 3.63) is 102 Å². The van der Waals surface area contributed by atoms with E-state index in [1.54, 1.807) is 42.5 Å². The third kappa shape index (κ3) is 3.40. The van der Waals surface area contributed by atoms with E-state index >= 15 is 0 Å². The van der Waals surface area contributed by atoms with Crippen molar-refractivity contribution in [2.75, 3.05) is 5.88 Å². The van der Waals surface area contributed by atoms with Crippen molar-refractivity contribution in [3.8, 4) is 0 Å². The molecule has 1 fully saturated rings. The Morgan fingerprint density at radius 3 is 2.03 bits per heavy atom. The first-order valence-electron chi connectivity index (χ1n) is 8.96. The maximum absolute atomic E-state index is 13.5. The lowest BCUT2D eigenvalue weighted by Gasteiger charge is -2.27. The van der Waals surface area contributed by atoms with Crippen LogP contribution in [0.2, 0.25) is 0 Å². The van der Waals surface area contributed by atoms with Gasteiger partial charge >= 0.3 is 6.03 Å². The minimum Gasteiger partial charge on any atom is -0.315 e. The van der Waals surface area contributed by atoms with Gasteiger partial charge in [0.15, 0.2) is 5.54 Å². The highest BCUT2D eigenvalue weighted by molar-refractivity contribution is 8.14. The fourth-order valence-electron chi connectivity index (χ4n) is 3.31. The minimum absolute atomic E-state index is 0.0957. The molecule has 7 heteroatoms. The molecule has 29 heavy (non-hydrogen) atoms. The van der Waals surface area contributed by atoms with Crippen molar-refractivity contribution in [1.29, 1.82) is 0 Å². The van der Waals surface area contributed by atoms with E-state index < -0.39 is 17.5 Å². The van der Waals surface area contributed by atoms with Crippen LogP contribution in [0.5, 0.6) is 0 Å². The Balaban J connectivity index is 1.65. The summed E-state index contributed by atoms with van der Waals surface area (Å²) >= 11 is 0.868. The van der Waals surface area contributed by atoms with Gasteiger partial charge in [0.05, 0.1) is 5.88 Å². The Morgan fingerprint density at radius 1 is 0.897 bits per heavy atom. The van der Waals surface area contributed by atoms with E-state index in [1.165, 1.54) is 6.20 Å².